The summed E-state index contributed by atoms with van der Waals surface area (Å²) in [7, 11) is 0. The maximum atomic E-state index is 12.2. The summed E-state index contributed by atoms with van der Waals surface area (Å²) < 4.78 is 59.7. The van der Waals surface area contributed by atoms with Gasteiger partial charge in [0, 0.05) is 31.1 Å². The SMILES string of the molecule is O=C1C=CC(=O)N1c1ccc(OCCCC(F)F)c(OCCCC(F)F)c1. The lowest BCUT2D eigenvalue weighted by molar-refractivity contribution is -0.119. The zero-order chi connectivity index (χ0) is 19.8. The Morgan fingerprint density at radius 3 is 1.85 bits per heavy atom. The number of alkyl halides is 4. The van der Waals surface area contributed by atoms with Crippen LogP contribution >= 0.6 is 0 Å². The number of carbonyl (C=O) groups is 2. The Morgan fingerprint density at radius 2 is 1.33 bits per heavy atom. The predicted molar refractivity (Wildman–Crippen MR) is 89.5 cm³/mol. The zero-order valence-electron chi connectivity index (χ0n) is 14.4. The first-order valence-corrected chi connectivity index (χ1v) is 8.40. The molecule has 27 heavy (non-hydrogen) atoms. The number of hydrogen-bond donors (Lipinski definition) is 0. The van der Waals surface area contributed by atoms with E-state index in [1.165, 1.54) is 18.2 Å². The number of rotatable bonds is 11. The Bertz CT molecular complexity index is 676. The lowest BCUT2D eigenvalue weighted by Gasteiger charge is -2.18. The zero-order valence-corrected chi connectivity index (χ0v) is 14.4. The van der Waals surface area contributed by atoms with Gasteiger partial charge in [0.2, 0.25) is 12.9 Å². The highest BCUT2D eigenvalue weighted by molar-refractivity contribution is 6.28. The van der Waals surface area contributed by atoms with Crippen molar-refractivity contribution >= 4 is 17.5 Å². The van der Waals surface area contributed by atoms with Crippen molar-refractivity contribution < 1.29 is 36.6 Å². The second kappa shape index (κ2) is 9.94. The molecule has 2 rings (SSSR count). The van der Waals surface area contributed by atoms with Gasteiger partial charge < -0.3 is 9.47 Å². The minimum absolute atomic E-state index is 0.0141. The van der Waals surface area contributed by atoms with Gasteiger partial charge in [0.05, 0.1) is 18.9 Å². The molecule has 0 fully saturated rings. The van der Waals surface area contributed by atoms with Gasteiger partial charge in [0.1, 0.15) is 0 Å². The molecule has 0 radical (unpaired) electrons. The minimum atomic E-state index is -2.45. The van der Waals surface area contributed by atoms with Crippen molar-refractivity contribution in [2.24, 2.45) is 0 Å². The first kappa shape index (κ1) is 20.7. The van der Waals surface area contributed by atoms with Crippen LogP contribution in [0.1, 0.15) is 25.7 Å². The van der Waals surface area contributed by atoms with Gasteiger partial charge in [-0.3, -0.25) is 9.59 Å². The molecule has 1 aromatic rings. The van der Waals surface area contributed by atoms with E-state index in [0.29, 0.717) is 0 Å². The summed E-state index contributed by atoms with van der Waals surface area (Å²) >= 11 is 0. The van der Waals surface area contributed by atoms with Crippen molar-refractivity contribution in [1.82, 2.24) is 0 Å². The molecule has 1 heterocycles. The molecule has 0 bridgehead atoms. The highest BCUT2D eigenvalue weighted by Gasteiger charge is 2.26. The van der Waals surface area contributed by atoms with E-state index in [1.807, 2.05) is 0 Å². The number of carbonyl (C=O) groups excluding carboxylic acids is 2. The van der Waals surface area contributed by atoms with E-state index in [2.05, 4.69) is 0 Å². The average Bonchev–Trinajstić information content (AvgIpc) is 2.94. The topological polar surface area (TPSA) is 55.8 Å². The van der Waals surface area contributed by atoms with Crippen molar-refractivity contribution in [3.05, 3.63) is 30.4 Å². The van der Waals surface area contributed by atoms with E-state index in [0.717, 1.165) is 17.1 Å². The fraction of sp³-hybridized carbons (Fsp3) is 0.444. The fourth-order valence-electron chi connectivity index (χ4n) is 2.36. The molecule has 0 N–H and O–H groups in total. The van der Waals surface area contributed by atoms with Crippen molar-refractivity contribution in [2.75, 3.05) is 18.1 Å². The molecule has 0 aliphatic carbocycles. The minimum Gasteiger partial charge on any atom is -0.490 e. The molecule has 0 spiro atoms. The number of imide groups is 1. The third-order valence-electron chi connectivity index (χ3n) is 3.64. The standard InChI is InChI=1S/C18H19F4NO4/c19-15(20)3-1-9-26-13-6-5-12(23-17(24)7-8-18(23)25)11-14(13)27-10-2-4-16(21)22/h5-8,11,15-16H,1-4,9-10H2. The summed E-state index contributed by atoms with van der Waals surface area (Å²) in [4.78, 5) is 24.5. The maximum Gasteiger partial charge on any atom is 0.258 e. The lowest BCUT2D eigenvalue weighted by atomic mass is 10.2. The van der Waals surface area contributed by atoms with E-state index in [1.54, 1.807) is 0 Å². The number of ether oxygens (including phenoxy) is 2. The quantitative estimate of drug-likeness (QED) is 0.327. The van der Waals surface area contributed by atoms with E-state index in [9.17, 15) is 27.2 Å². The average molecular weight is 389 g/mol. The first-order valence-electron chi connectivity index (χ1n) is 8.40. The normalized spacial score (nSPS) is 13.9. The highest BCUT2D eigenvalue weighted by Crippen LogP contribution is 2.33. The van der Waals surface area contributed by atoms with Crippen LogP contribution in [0.15, 0.2) is 30.4 Å². The van der Waals surface area contributed by atoms with Crippen LogP contribution in [0.4, 0.5) is 23.2 Å². The molecule has 148 valence electrons. The highest BCUT2D eigenvalue weighted by atomic mass is 19.3. The molecule has 0 aromatic heterocycles. The van der Waals surface area contributed by atoms with Gasteiger partial charge in [-0.1, -0.05) is 0 Å². The molecule has 0 saturated heterocycles. The molecule has 1 aliphatic rings. The van der Waals surface area contributed by atoms with E-state index in [4.69, 9.17) is 9.47 Å². The van der Waals surface area contributed by atoms with Crippen LogP contribution in [0.3, 0.4) is 0 Å². The van der Waals surface area contributed by atoms with Gasteiger partial charge >= 0.3 is 0 Å². The summed E-state index contributed by atoms with van der Waals surface area (Å²) in [6.07, 6.45) is -3.06. The van der Waals surface area contributed by atoms with Crippen molar-refractivity contribution in [1.29, 1.82) is 0 Å². The van der Waals surface area contributed by atoms with E-state index >= 15 is 0 Å². The van der Waals surface area contributed by atoms with Crippen LogP contribution in [-0.4, -0.2) is 37.9 Å². The molecule has 9 heteroatoms. The van der Waals surface area contributed by atoms with Gasteiger partial charge in [-0.15, -0.1) is 0 Å². The summed E-state index contributed by atoms with van der Waals surface area (Å²) in [6, 6.07) is 4.28. The Balaban J connectivity index is 2.09. The first-order chi connectivity index (χ1) is 12.9. The van der Waals surface area contributed by atoms with Crippen LogP contribution < -0.4 is 14.4 Å². The number of benzene rings is 1. The largest absolute Gasteiger partial charge is 0.490 e. The van der Waals surface area contributed by atoms with Crippen molar-refractivity contribution in [2.45, 2.75) is 38.5 Å². The fourth-order valence-corrected chi connectivity index (χ4v) is 2.36. The van der Waals surface area contributed by atoms with Crippen LogP contribution in [0, 0.1) is 0 Å². The molecule has 0 unspecified atom stereocenters. The Morgan fingerprint density at radius 1 is 0.815 bits per heavy atom. The number of amides is 2. The summed E-state index contributed by atoms with van der Waals surface area (Å²) in [5.41, 5.74) is 0.235. The van der Waals surface area contributed by atoms with Crippen LogP contribution in [-0.2, 0) is 9.59 Å². The molecule has 2 amide bonds. The monoisotopic (exact) mass is 389 g/mol. The van der Waals surface area contributed by atoms with Gasteiger partial charge in [-0.05, 0) is 25.0 Å². The lowest BCUT2D eigenvalue weighted by Crippen LogP contribution is -2.29. The van der Waals surface area contributed by atoms with E-state index in [-0.39, 0.29) is 56.1 Å². The van der Waals surface area contributed by atoms with E-state index < -0.39 is 24.7 Å². The van der Waals surface area contributed by atoms with Gasteiger partial charge in [-0.25, -0.2) is 22.5 Å². The molecule has 1 aliphatic heterocycles. The second-order valence-corrected chi connectivity index (χ2v) is 5.74. The summed E-state index contributed by atoms with van der Waals surface area (Å²) in [6.45, 7) is -0.0124. The van der Waals surface area contributed by atoms with Gasteiger partial charge in [0.15, 0.2) is 11.5 Å². The summed E-state index contributed by atoms with van der Waals surface area (Å²) in [5, 5.41) is 0. The predicted octanol–water partition coefficient (Wildman–Crippen LogP) is 3.96. The maximum absolute atomic E-state index is 12.2. The summed E-state index contributed by atoms with van der Waals surface area (Å²) in [5.74, 6) is -0.674. The number of anilines is 1. The van der Waals surface area contributed by atoms with Crippen LogP contribution in [0.5, 0.6) is 11.5 Å². The Kier molecular flexibility index (Phi) is 7.63. The number of hydrogen-bond acceptors (Lipinski definition) is 4. The van der Waals surface area contributed by atoms with Gasteiger partial charge in [-0.2, -0.15) is 0 Å². The smallest absolute Gasteiger partial charge is 0.258 e. The third-order valence-corrected chi connectivity index (χ3v) is 3.64. The van der Waals surface area contributed by atoms with Crippen LogP contribution in [0.2, 0.25) is 0 Å². The number of nitrogens with zero attached hydrogens (tertiary/aromatic N) is 1. The third kappa shape index (κ3) is 6.26. The van der Waals surface area contributed by atoms with Crippen molar-refractivity contribution in [3.8, 4) is 11.5 Å². The van der Waals surface area contributed by atoms with Crippen molar-refractivity contribution in [3.63, 3.8) is 0 Å². The molecule has 0 saturated carbocycles. The molecular formula is C18H19F4NO4. The molecule has 0 atom stereocenters. The molecule has 1 aromatic carbocycles. The molecular weight excluding hydrogens is 370 g/mol. The second-order valence-electron chi connectivity index (χ2n) is 5.74. The Labute approximate surface area is 153 Å². The number of halogens is 4. The Hall–Kier alpha value is -2.58. The van der Waals surface area contributed by atoms with Crippen LogP contribution in [0.25, 0.3) is 0 Å². The molecule has 5 nitrogen and oxygen atoms in total. The van der Waals surface area contributed by atoms with Gasteiger partial charge in [0.25, 0.3) is 11.8 Å².